The van der Waals surface area contributed by atoms with Gasteiger partial charge >= 0.3 is 30.9 Å². The maximum Gasteiger partial charge on any atom is 0.547 e. The quantitative estimate of drug-likeness (QED) is 0.0651. The molecule has 17 nitrogen and oxygen atoms in total. The van der Waals surface area contributed by atoms with E-state index in [-0.39, 0.29) is 55.7 Å². The molecule has 0 bridgehead atoms. The summed E-state index contributed by atoms with van der Waals surface area (Å²) in [7, 11) is -1.95. The normalized spacial score (nSPS) is 16.0. The van der Waals surface area contributed by atoms with Gasteiger partial charge in [-0.2, -0.15) is 0 Å². The number of carbonyl (C=O) groups excluding carboxylic acids is 5. The van der Waals surface area contributed by atoms with Crippen molar-refractivity contribution in [2.75, 3.05) is 26.2 Å². The third-order valence-electron chi connectivity index (χ3n) is 8.88. The zero-order valence-corrected chi connectivity index (χ0v) is 28.5. The van der Waals surface area contributed by atoms with Gasteiger partial charge in [-0.3, -0.25) is 29.1 Å². The van der Waals surface area contributed by atoms with E-state index in [4.69, 9.17) is 4.65 Å². The molecule has 7 N–H and O–H groups in total. The molecule has 54 heavy (non-hydrogen) atoms. The number of carbonyl (C=O) groups is 6. The van der Waals surface area contributed by atoms with Crippen LogP contribution in [-0.4, -0.2) is 110 Å². The van der Waals surface area contributed by atoms with Crippen LogP contribution in [0.4, 0.5) is 18.0 Å². The van der Waals surface area contributed by atoms with Crippen molar-refractivity contribution >= 4 is 42.7 Å². The lowest BCUT2D eigenvalue weighted by Gasteiger charge is -2.34. The summed E-state index contributed by atoms with van der Waals surface area (Å²) in [5, 5.41) is 47.4. The number of benzene rings is 2. The minimum Gasteiger partial charge on any atom is -0.534 e. The van der Waals surface area contributed by atoms with Gasteiger partial charge < -0.3 is 45.8 Å². The molecule has 3 heterocycles. The molecule has 1 fully saturated rings. The average Bonchev–Trinajstić information content (AvgIpc) is 3.11. The van der Waals surface area contributed by atoms with Crippen molar-refractivity contribution in [3.05, 3.63) is 81.4 Å². The lowest BCUT2D eigenvalue weighted by molar-refractivity contribution is -0.153. The van der Waals surface area contributed by atoms with Crippen LogP contribution in [0.15, 0.2) is 30.6 Å². The van der Waals surface area contributed by atoms with Crippen LogP contribution in [0.25, 0.3) is 0 Å². The van der Waals surface area contributed by atoms with E-state index >= 15 is 0 Å². The van der Waals surface area contributed by atoms with E-state index in [1.165, 1.54) is 26.1 Å². The number of urea groups is 1. The number of carboxylic acids is 1. The number of hydrogen-bond donors (Lipinski definition) is 7. The van der Waals surface area contributed by atoms with Crippen molar-refractivity contribution in [1.29, 1.82) is 0 Å². The lowest BCUT2D eigenvalue weighted by Crippen LogP contribution is -2.60. The summed E-state index contributed by atoms with van der Waals surface area (Å²) in [6, 6.07) is -0.599. The van der Waals surface area contributed by atoms with Crippen molar-refractivity contribution in [1.82, 2.24) is 30.7 Å². The monoisotopic (exact) mass is 756 g/mol. The number of hydrogen-bond acceptors (Lipinski definition) is 11. The Bertz CT molecular complexity index is 2050. The number of aromatic nitrogens is 1. The predicted molar refractivity (Wildman–Crippen MR) is 178 cm³/mol. The number of carboxylic acid groups (broad SMARTS) is 1. The Morgan fingerprint density at radius 3 is 2.41 bits per heavy atom. The number of aryl methyl sites for hydroxylation is 1. The van der Waals surface area contributed by atoms with Crippen LogP contribution in [0.3, 0.4) is 0 Å². The maximum absolute atomic E-state index is 14.7. The predicted octanol–water partition coefficient (Wildman–Crippen LogP) is 0.606. The van der Waals surface area contributed by atoms with E-state index in [9.17, 15) is 62.3 Å². The van der Waals surface area contributed by atoms with Gasteiger partial charge in [-0.25, -0.2) is 22.8 Å². The van der Waals surface area contributed by atoms with Gasteiger partial charge in [-0.1, -0.05) is 6.07 Å². The molecule has 21 heteroatoms. The van der Waals surface area contributed by atoms with Crippen molar-refractivity contribution in [3.63, 3.8) is 0 Å². The summed E-state index contributed by atoms with van der Waals surface area (Å²) in [4.78, 5) is 82.5. The van der Waals surface area contributed by atoms with Gasteiger partial charge in [-0.15, -0.1) is 0 Å². The van der Waals surface area contributed by atoms with Crippen LogP contribution in [-0.2, 0) is 20.8 Å². The third-order valence-corrected chi connectivity index (χ3v) is 8.88. The highest BCUT2D eigenvalue weighted by atomic mass is 19.1. The van der Waals surface area contributed by atoms with E-state index < -0.39 is 101 Å². The Morgan fingerprint density at radius 1 is 1.00 bits per heavy atom. The molecule has 2 aliphatic rings. The molecule has 2 atom stereocenters. The molecular formula is C33H32BF3N6O11. The second-order valence-electron chi connectivity index (χ2n) is 12.4. The number of amides is 6. The third kappa shape index (κ3) is 7.70. The number of aromatic carboxylic acids is 1. The van der Waals surface area contributed by atoms with E-state index in [1.807, 2.05) is 0 Å². The summed E-state index contributed by atoms with van der Waals surface area (Å²) in [6.45, 7) is 2.10. The molecule has 1 aromatic heterocycles. The number of pyridine rings is 1. The van der Waals surface area contributed by atoms with Crippen molar-refractivity contribution in [2.24, 2.45) is 0 Å². The number of aromatic hydroxyl groups is 2. The summed E-state index contributed by atoms with van der Waals surface area (Å²) < 4.78 is 48.2. The minimum atomic E-state index is -1.95. The first-order chi connectivity index (χ1) is 25.5. The van der Waals surface area contributed by atoms with E-state index in [0.29, 0.717) is 16.5 Å². The highest BCUT2D eigenvalue weighted by Gasteiger charge is 2.42. The molecule has 2 aromatic carbocycles. The Balaban J connectivity index is 1.28. The van der Waals surface area contributed by atoms with Crippen LogP contribution < -0.4 is 20.6 Å². The first-order valence-electron chi connectivity index (χ1n) is 16.2. The molecule has 0 aliphatic carbocycles. The number of phenolic OH excluding ortho intramolecular Hbond substituents is 2. The van der Waals surface area contributed by atoms with Gasteiger partial charge in [0, 0.05) is 37.9 Å². The fourth-order valence-corrected chi connectivity index (χ4v) is 6.01. The molecule has 1 unspecified atom stereocenters. The summed E-state index contributed by atoms with van der Waals surface area (Å²) in [5.74, 6) is -13.3. The molecule has 2 aliphatic heterocycles. The standard InChI is InChI=1S/C33H32BF3N6O11/c1-14-12-38-13-20(37)22(14)28(46)39-6-3-7-42-8-9-43(31(49)30(42)48)33(52)41-24(17-11-19(36)26(45)25(44)15(17)2)29(47)40-21-10-16-4-5-18(35)23(32(50)51)27(16)54-34(21)53/h4-5,11-13,21,24,44-45,53H,3,6-10H2,1-2H3,(H,39,46)(H,40,47)(H,41,52)(H,50,51)/t21-,24?/m0/s1. The smallest absolute Gasteiger partial charge is 0.534 e. The molecule has 3 aromatic rings. The van der Waals surface area contributed by atoms with Crippen molar-refractivity contribution in [2.45, 2.75) is 38.7 Å². The van der Waals surface area contributed by atoms with Gasteiger partial charge in [0.25, 0.3) is 5.91 Å². The number of nitrogens with zero attached hydrogens (tertiary/aromatic N) is 3. The Labute approximate surface area is 303 Å². The number of nitrogens with one attached hydrogen (secondary N) is 3. The second kappa shape index (κ2) is 15.7. The number of imide groups is 1. The lowest BCUT2D eigenvalue weighted by atomic mass is 9.72. The molecule has 0 saturated carbocycles. The molecule has 5 rings (SSSR count). The number of phenols is 2. The van der Waals surface area contributed by atoms with Crippen LogP contribution in [0.2, 0.25) is 0 Å². The molecule has 6 amide bonds. The van der Waals surface area contributed by atoms with Crippen molar-refractivity contribution in [3.8, 4) is 17.2 Å². The van der Waals surface area contributed by atoms with Crippen LogP contribution >= 0.6 is 0 Å². The fourth-order valence-electron chi connectivity index (χ4n) is 6.01. The van der Waals surface area contributed by atoms with Crippen LogP contribution in [0.1, 0.15) is 55.4 Å². The summed E-state index contributed by atoms with van der Waals surface area (Å²) >= 11 is 0. The molecule has 1 saturated heterocycles. The largest absolute Gasteiger partial charge is 0.547 e. The molecular weight excluding hydrogens is 724 g/mol. The van der Waals surface area contributed by atoms with E-state index in [0.717, 1.165) is 17.2 Å². The Hall–Kier alpha value is -6.38. The zero-order chi connectivity index (χ0) is 39.6. The zero-order valence-electron chi connectivity index (χ0n) is 28.5. The molecule has 284 valence electrons. The highest BCUT2D eigenvalue weighted by Crippen LogP contribution is 2.37. The number of halogens is 3. The Morgan fingerprint density at radius 2 is 1.72 bits per heavy atom. The van der Waals surface area contributed by atoms with Crippen molar-refractivity contribution < 1.29 is 66.9 Å². The molecule has 0 radical (unpaired) electrons. The summed E-state index contributed by atoms with van der Waals surface area (Å²) in [6.07, 6.45) is 2.05. The topological polar surface area (TPSA) is 248 Å². The maximum atomic E-state index is 14.7. The first kappa shape index (κ1) is 38.8. The number of piperazine rings is 1. The van der Waals surface area contributed by atoms with Gasteiger partial charge in [-0.05, 0) is 55.5 Å². The van der Waals surface area contributed by atoms with Gasteiger partial charge in [0.2, 0.25) is 5.91 Å². The SMILES string of the molecule is Cc1cncc(F)c1C(=O)NCCCN1CCN(C(=O)NC(C(=O)N[C@H]2Cc3ccc(F)c(C(=O)O)c3OB2O)c2cc(F)c(O)c(O)c2C)C(=O)C1=O. The van der Waals surface area contributed by atoms with Crippen LogP contribution in [0, 0.1) is 31.3 Å². The average molecular weight is 756 g/mol. The van der Waals surface area contributed by atoms with Crippen LogP contribution in [0.5, 0.6) is 17.2 Å². The van der Waals surface area contributed by atoms with Gasteiger partial charge in [0.05, 0.1) is 17.7 Å². The number of fused-ring (bicyclic) bond motifs is 1. The summed E-state index contributed by atoms with van der Waals surface area (Å²) in [5.41, 5.74) is -1.34. The van der Waals surface area contributed by atoms with Gasteiger partial charge in [0.15, 0.2) is 23.1 Å². The molecule has 0 spiro atoms. The fraction of sp³-hybridized carbons (Fsp3) is 0.303. The number of rotatable bonds is 10. The first-order valence-corrected chi connectivity index (χ1v) is 16.2. The van der Waals surface area contributed by atoms with E-state index in [2.05, 4.69) is 20.9 Å². The Kier molecular flexibility index (Phi) is 11.3. The highest BCUT2D eigenvalue weighted by molar-refractivity contribution is 6.47. The minimum absolute atomic E-state index is 0.00168. The van der Waals surface area contributed by atoms with Gasteiger partial charge in [0.1, 0.15) is 23.2 Å². The van der Waals surface area contributed by atoms with E-state index in [1.54, 1.807) is 0 Å². The second-order valence-corrected chi connectivity index (χ2v) is 12.4.